The van der Waals surface area contributed by atoms with Crippen molar-refractivity contribution in [1.29, 1.82) is 0 Å². The third-order valence-corrected chi connectivity index (χ3v) is 2.36. The van der Waals surface area contributed by atoms with Crippen LogP contribution in [0.3, 0.4) is 0 Å². The minimum absolute atomic E-state index is 0.0270. The number of para-hydroxylation sites is 1. The standard InChI is InChI=1S/C14H10F2O2/c15-14(16,10-17)18-13-9-5-4-8-12(13)11-6-2-1-3-7-11/h1-10H. The summed E-state index contributed by atoms with van der Waals surface area (Å²) in [5, 5.41) is 0. The largest absolute Gasteiger partial charge is 0.457 e. The van der Waals surface area contributed by atoms with Crippen molar-refractivity contribution in [3.63, 3.8) is 0 Å². The van der Waals surface area contributed by atoms with Crippen LogP contribution in [0, 0.1) is 0 Å². The third kappa shape index (κ3) is 2.71. The van der Waals surface area contributed by atoms with Crippen LogP contribution in [0.2, 0.25) is 0 Å². The topological polar surface area (TPSA) is 26.3 Å². The van der Waals surface area contributed by atoms with Crippen LogP contribution < -0.4 is 4.74 Å². The molecule has 0 heterocycles. The van der Waals surface area contributed by atoms with Gasteiger partial charge in [0, 0.05) is 5.56 Å². The number of alkyl halides is 2. The van der Waals surface area contributed by atoms with E-state index in [0.717, 1.165) is 5.56 Å². The molecule has 0 amide bonds. The lowest BCUT2D eigenvalue weighted by Crippen LogP contribution is -2.26. The predicted molar refractivity (Wildman–Crippen MR) is 63.5 cm³/mol. The summed E-state index contributed by atoms with van der Waals surface area (Å²) in [6.07, 6.45) is -4.33. The molecule has 18 heavy (non-hydrogen) atoms. The molecule has 2 aromatic carbocycles. The van der Waals surface area contributed by atoms with Gasteiger partial charge in [0.2, 0.25) is 6.29 Å². The first-order valence-electron chi connectivity index (χ1n) is 5.30. The van der Waals surface area contributed by atoms with Crippen molar-refractivity contribution < 1.29 is 18.3 Å². The Morgan fingerprint density at radius 2 is 1.56 bits per heavy atom. The zero-order valence-corrected chi connectivity index (χ0v) is 9.35. The second-order valence-electron chi connectivity index (χ2n) is 3.64. The number of carbonyl (C=O) groups is 1. The Morgan fingerprint density at radius 1 is 0.944 bits per heavy atom. The van der Waals surface area contributed by atoms with Crippen LogP contribution in [0.4, 0.5) is 8.78 Å². The van der Waals surface area contributed by atoms with Crippen LogP contribution in [0.1, 0.15) is 0 Å². The molecule has 0 bridgehead atoms. The van der Waals surface area contributed by atoms with Crippen LogP contribution in [0.25, 0.3) is 11.1 Å². The first-order chi connectivity index (χ1) is 8.62. The lowest BCUT2D eigenvalue weighted by atomic mass is 10.1. The van der Waals surface area contributed by atoms with Crippen molar-refractivity contribution in [3.8, 4) is 16.9 Å². The minimum atomic E-state index is -3.81. The summed E-state index contributed by atoms with van der Waals surface area (Å²) < 4.78 is 30.3. The van der Waals surface area contributed by atoms with Crippen molar-refractivity contribution in [2.45, 2.75) is 6.11 Å². The minimum Gasteiger partial charge on any atom is -0.426 e. The number of rotatable bonds is 4. The molecule has 0 atom stereocenters. The number of hydrogen-bond donors (Lipinski definition) is 0. The fraction of sp³-hybridized carbons (Fsp3) is 0.0714. The van der Waals surface area contributed by atoms with Crippen molar-refractivity contribution in [1.82, 2.24) is 0 Å². The van der Waals surface area contributed by atoms with E-state index in [4.69, 9.17) is 0 Å². The molecule has 2 rings (SSSR count). The number of benzene rings is 2. The van der Waals surface area contributed by atoms with Crippen molar-refractivity contribution >= 4 is 6.29 Å². The van der Waals surface area contributed by atoms with Gasteiger partial charge in [-0.15, -0.1) is 0 Å². The first kappa shape index (κ1) is 12.2. The monoisotopic (exact) mass is 248 g/mol. The van der Waals surface area contributed by atoms with E-state index in [-0.39, 0.29) is 5.75 Å². The van der Waals surface area contributed by atoms with Crippen molar-refractivity contribution in [2.24, 2.45) is 0 Å². The number of halogens is 2. The molecule has 0 radical (unpaired) electrons. The highest BCUT2D eigenvalue weighted by molar-refractivity contribution is 5.71. The molecule has 4 heteroatoms. The molecular formula is C14H10F2O2. The SMILES string of the molecule is O=CC(F)(F)Oc1ccccc1-c1ccccc1. The van der Waals surface area contributed by atoms with Crippen LogP contribution >= 0.6 is 0 Å². The maximum absolute atomic E-state index is 12.9. The summed E-state index contributed by atoms with van der Waals surface area (Å²) >= 11 is 0. The van der Waals surface area contributed by atoms with Gasteiger partial charge in [-0.2, -0.15) is 8.78 Å². The van der Waals surface area contributed by atoms with Gasteiger partial charge in [-0.1, -0.05) is 48.5 Å². The van der Waals surface area contributed by atoms with Gasteiger partial charge in [-0.05, 0) is 11.6 Å². The zero-order valence-electron chi connectivity index (χ0n) is 9.35. The normalized spacial score (nSPS) is 11.0. The van der Waals surface area contributed by atoms with Gasteiger partial charge < -0.3 is 4.74 Å². The lowest BCUT2D eigenvalue weighted by Gasteiger charge is -2.15. The number of carbonyl (C=O) groups excluding carboxylic acids is 1. The average molecular weight is 248 g/mol. The molecule has 0 fully saturated rings. The van der Waals surface area contributed by atoms with Crippen molar-refractivity contribution in [2.75, 3.05) is 0 Å². The number of hydrogen-bond acceptors (Lipinski definition) is 2. The Kier molecular flexibility index (Phi) is 3.37. The lowest BCUT2D eigenvalue weighted by molar-refractivity contribution is -0.176. The Morgan fingerprint density at radius 3 is 2.22 bits per heavy atom. The summed E-state index contributed by atoms with van der Waals surface area (Å²) in [5.74, 6) is -0.0270. The second-order valence-corrected chi connectivity index (χ2v) is 3.64. The van der Waals surface area contributed by atoms with E-state index >= 15 is 0 Å². The summed E-state index contributed by atoms with van der Waals surface area (Å²) in [4.78, 5) is 10.2. The maximum Gasteiger partial charge on any atom is 0.457 e. The first-order valence-corrected chi connectivity index (χ1v) is 5.30. The van der Waals surface area contributed by atoms with Gasteiger partial charge >= 0.3 is 6.11 Å². The zero-order chi connectivity index (χ0) is 13.0. The smallest absolute Gasteiger partial charge is 0.426 e. The van der Waals surface area contributed by atoms with Gasteiger partial charge in [0.05, 0.1) is 0 Å². The van der Waals surface area contributed by atoms with E-state index in [0.29, 0.717) is 5.56 Å². The van der Waals surface area contributed by atoms with Crippen LogP contribution in [0.5, 0.6) is 5.75 Å². The fourth-order valence-corrected chi connectivity index (χ4v) is 1.58. The molecule has 0 saturated carbocycles. The second kappa shape index (κ2) is 4.96. The highest BCUT2D eigenvalue weighted by Crippen LogP contribution is 2.32. The molecule has 0 aromatic heterocycles. The molecule has 0 aliphatic rings. The highest BCUT2D eigenvalue weighted by Gasteiger charge is 2.31. The number of aldehydes is 1. The van der Waals surface area contributed by atoms with E-state index in [9.17, 15) is 13.6 Å². The molecule has 2 nitrogen and oxygen atoms in total. The Bertz CT molecular complexity index is 539. The molecule has 2 aromatic rings. The van der Waals surface area contributed by atoms with E-state index in [1.54, 1.807) is 42.5 Å². The van der Waals surface area contributed by atoms with E-state index in [1.807, 2.05) is 6.07 Å². The molecular weight excluding hydrogens is 238 g/mol. The summed E-state index contributed by atoms with van der Waals surface area (Å²) in [6, 6.07) is 15.3. The van der Waals surface area contributed by atoms with Crippen LogP contribution in [-0.4, -0.2) is 12.4 Å². The van der Waals surface area contributed by atoms with E-state index in [1.165, 1.54) is 6.07 Å². The van der Waals surface area contributed by atoms with Crippen molar-refractivity contribution in [3.05, 3.63) is 54.6 Å². The number of ether oxygens (including phenoxy) is 1. The maximum atomic E-state index is 12.9. The summed E-state index contributed by atoms with van der Waals surface area (Å²) in [5.41, 5.74) is 1.26. The molecule has 0 aliphatic carbocycles. The van der Waals surface area contributed by atoms with Crippen LogP contribution in [-0.2, 0) is 4.79 Å². The Balaban J connectivity index is 2.41. The van der Waals surface area contributed by atoms with Gasteiger partial charge in [-0.25, -0.2) is 0 Å². The van der Waals surface area contributed by atoms with Gasteiger partial charge in [0.15, 0.2) is 0 Å². The van der Waals surface area contributed by atoms with Crippen LogP contribution in [0.15, 0.2) is 54.6 Å². The summed E-state index contributed by atoms with van der Waals surface area (Å²) in [6.45, 7) is 0. The highest BCUT2D eigenvalue weighted by atomic mass is 19.3. The molecule has 0 saturated heterocycles. The van der Waals surface area contributed by atoms with Gasteiger partial charge in [0.25, 0.3) is 0 Å². The third-order valence-electron chi connectivity index (χ3n) is 2.36. The molecule has 0 spiro atoms. The Hall–Kier alpha value is -2.23. The quantitative estimate of drug-likeness (QED) is 0.774. The molecule has 0 N–H and O–H groups in total. The molecule has 92 valence electrons. The van der Waals surface area contributed by atoms with E-state index in [2.05, 4.69) is 4.74 Å². The Labute approximate surface area is 103 Å². The molecule has 0 aliphatic heterocycles. The molecule has 0 unspecified atom stereocenters. The average Bonchev–Trinajstić information content (AvgIpc) is 2.40. The van der Waals surface area contributed by atoms with E-state index < -0.39 is 12.4 Å². The fourth-order valence-electron chi connectivity index (χ4n) is 1.58. The predicted octanol–water partition coefficient (Wildman–Crippen LogP) is 3.52. The van der Waals surface area contributed by atoms with Gasteiger partial charge in [0.1, 0.15) is 5.75 Å². The van der Waals surface area contributed by atoms with Gasteiger partial charge in [-0.3, -0.25) is 4.79 Å². The summed E-state index contributed by atoms with van der Waals surface area (Å²) in [7, 11) is 0.